The lowest BCUT2D eigenvalue weighted by atomic mass is 10.1. The Morgan fingerprint density at radius 3 is 2.59 bits per heavy atom. The second-order valence-corrected chi connectivity index (χ2v) is 6.31. The van der Waals surface area contributed by atoms with Crippen molar-refractivity contribution in [3.05, 3.63) is 34.9 Å². The molecule has 17 heavy (non-hydrogen) atoms. The van der Waals surface area contributed by atoms with Crippen molar-refractivity contribution in [3.63, 3.8) is 0 Å². The van der Waals surface area contributed by atoms with Crippen LogP contribution in [0.2, 0.25) is 5.02 Å². The van der Waals surface area contributed by atoms with Gasteiger partial charge >= 0.3 is 0 Å². The molecule has 0 aliphatic heterocycles. The summed E-state index contributed by atoms with van der Waals surface area (Å²) in [5, 5.41) is 4.21. The van der Waals surface area contributed by atoms with E-state index in [1.807, 2.05) is 12.1 Å². The molecule has 96 valence electrons. The summed E-state index contributed by atoms with van der Waals surface area (Å²) < 4.78 is 10.9. The molecule has 1 rings (SSSR count). The van der Waals surface area contributed by atoms with Crippen LogP contribution in [-0.4, -0.2) is 28.8 Å². The van der Waals surface area contributed by atoms with Gasteiger partial charge in [0.15, 0.2) is 0 Å². The molecule has 2 unspecified atom stereocenters. The highest BCUT2D eigenvalue weighted by Crippen LogP contribution is 2.10. The molecule has 0 saturated heterocycles. The third-order valence-electron chi connectivity index (χ3n) is 2.56. The lowest BCUT2D eigenvalue weighted by Crippen LogP contribution is -2.29. The van der Waals surface area contributed by atoms with Crippen LogP contribution in [0.1, 0.15) is 18.9 Å². The quantitative estimate of drug-likeness (QED) is 0.774. The zero-order valence-corrected chi connectivity index (χ0v) is 12.0. The van der Waals surface area contributed by atoms with Crippen LogP contribution in [0.25, 0.3) is 0 Å². The average molecular weight is 274 g/mol. The second-order valence-electron chi connectivity index (χ2n) is 4.32. The van der Waals surface area contributed by atoms with Crippen molar-refractivity contribution in [2.45, 2.75) is 25.8 Å². The minimum Gasteiger partial charge on any atom is -0.314 e. The fourth-order valence-electron chi connectivity index (χ4n) is 1.67. The van der Waals surface area contributed by atoms with Crippen LogP contribution >= 0.6 is 11.6 Å². The van der Waals surface area contributed by atoms with E-state index in [2.05, 4.69) is 24.4 Å². The maximum atomic E-state index is 10.9. The summed E-state index contributed by atoms with van der Waals surface area (Å²) in [6.07, 6.45) is 3.71. The lowest BCUT2D eigenvalue weighted by Gasteiger charge is -2.13. The molecule has 0 aliphatic rings. The minimum absolute atomic E-state index is 0.432. The molecule has 0 amide bonds. The van der Waals surface area contributed by atoms with Gasteiger partial charge in [0.1, 0.15) is 0 Å². The van der Waals surface area contributed by atoms with Crippen LogP contribution in [0.4, 0.5) is 0 Å². The Labute approximate surface area is 111 Å². The van der Waals surface area contributed by atoms with E-state index in [-0.39, 0.29) is 0 Å². The first kappa shape index (κ1) is 14.7. The normalized spacial score (nSPS) is 14.5. The van der Waals surface area contributed by atoms with Gasteiger partial charge in [0.05, 0.1) is 0 Å². The largest absolute Gasteiger partial charge is 0.314 e. The SMILES string of the molecule is CC(Cc1ccc(Cl)cc1)NCCCS(C)=O. The summed E-state index contributed by atoms with van der Waals surface area (Å²) in [7, 11) is -0.676. The number of hydrogen-bond donors (Lipinski definition) is 1. The van der Waals surface area contributed by atoms with Gasteiger partial charge in [-0.05, 0) is 44.0 Å². The summed E-state index contributed by atoms with van der Waals surface area (Å²) in [5.74, 6) is 0.778. The van der Waals surface area contributed by atoms with Gasteiger partial charge in [0.2, 0.25) is 0 Å². The van der Waals surface area contributed by atoms with E-state index < -0.39 is 10.8 Å². The second kappa shape index (κ2) is 7.85. The summed E-state index contributed by atoms with van der Waals surface area (Å²) in [5.41, 5.74) is 1.29. The maximum Gasteiger partial charge on any atom is 0.0406 e. The van der Waals surface area contributed by atoms with Gasteiger partial charge in [-0.1, -0.05) is 23.7 Å². The van der Waals surface area contributed by atoms with Crippen LogP contribution in [-0.2, 0) is 17.2 Å². The van der Waals surface area contributed by atoms with Crippen LogP contribution in [0.15, 0.2) is 24.3 Å². The fraction of sp³-hybridized carbons (Fsp3) is 0.538. The van der Waals surface area contributed by atoms with E-state index in [1.165, 1.54) is 5.56 Å². The monoisotopic (exact) mass is 273 g/mol. The van der Waals surface area contributed by atoms with Gasteiger partial charge in [0.25, 0.3) is 0 Å². The molecule has 0 fully saturated rings. The first-order valence-corrected chi connectivity index (χ1v) is 7.96. The Balaban J connectivity index is 2.22. The zero-order valence-electron chi connectivity index (χ0n) is 10.4. The molecule has 1 N–H and O–H groups in total. The van der Waals surface area contributed by atoms with Crippen molar-refractivity contribution in [2.24, 2.45) is 0 Å². The first-order valence-electron chi connectivity index (χ1n) is 5.86. The molecular weight excluding hydrogens is 254 g/mol. The number of nitrogens with one attached hydrogen (secondary N) is 1. The van der Waals surface area contributed by atoms with E-state index >= 15 is 0 Å². The van der Waals surface area contributed by atoms with Crippen molar-refractivity contribution >= 4 is 22.4 Å². The van der Waals surface area contributed by atoms with Gasteiger partial charge < -0.3 is 5.32 Å². The van der Waals surface area contributed by atoms with E-state index in [0.717, 1.165) is 30.2 Å². The molecule has 0 aromatic heterocycles. The summed E-state index contributed by atoms with van der Waals surface area (Å²) in [4.78, 5) is 0. The zero-order chi connectivity index (χ0) is 12.7. The van der Waals surface area contributed by atoms with E-state index in [0.29, 0.717) is 6.04 Å². The van der Waals surface area contributed by atoms with Crippen LogP contribution in [0.3, 0.4) is 0 Å². The summed E-state index contributed by atoms with van der Waals surface area (Å²) in [6.45, 7) is 3.09. The predicted molar refractivity (Wildman–Crippen MR) is 76.2 cm³/mol. The standard InChI is InChI=1S/C13H20ClNOS/c1-11(15-8-3-9-17(2)16)10-12-4-6-13(14)7-5-12/h4-7,11,15H,3,8-10H2,1-2H3. The molecule has 0 bridgehead atoms. The summed E-state index contributed by atoms with van der Waals surface area (Å²) in [6, 6.07) is 8.39. The highest BCUT2D eigenvalue weighted by Gasteiger charge is 2.02. The minimum atomic E-state index is -0.676. The average Bonchev–Trinajstić information content (AvgIpc) is 2.27. The molecular formula is C13H20ClNOS. The molecule has 1 aromatic carbocycles. The predicted octanol–water partition coefficient (Wildman–Crippen LogP) is 2.63. The van der Waals surface area contributed by atoms with Crippen molar-refractivity contribution in [3.8, 4) is 0 Å². The van der Waals surface area contributed by atoms with Crippen molar-refractivity contribution in [1.82, 2.24) is 5.32 Å². The molecule has 0 heterocycles. The van der Waals surface area contributed by atoms with Crippen LogP contribution in [0.5, 0.6) is 0 Å². The number of rotatable bonds is 7. The Bertz CT molecular complexity index is 353. The number of benzene rings is 1. The molecule has 1 aromatic rings. The topological polar surface area (TPSA) is 29.1 Å². The summed E-state index contributed by atoms with van der Waals surface area (Å²) >= 11 is 5.84. The molecule has 0 aliphatic carbocycles. The van der Waals surface area contributed by atoms with Crippen LogP contribution in [0, 0.1) is 0 Å². The van der Waals surface area contributed by atoms with E-state index in [9.17, 15) is 4.21 Å². The Morgan fingerprint density at radius 1 is 1.35 bits per heavy atom. The highest BCUT2D eigenvalue weighted by atomic mass is 35.5. The van der Waals surface area contributed by atoms with Crippen LogP contribution < -0.4 is 5.32 Å². The van der Waals surface area contributed by atoms with Gasteiger partial charge in [-0.15, -0.1) is 0 Å². The van der Waals surface area contributed by atoms with Gasteiger partial charge in [-0.3, -0.25) is 4.21 Å². The molecule has 4 heteroatoms. The van der Waals surface area contributed by atoms with Gasteiger partial charge in [0, 0.05) is 33.9 Å². The molecule has 2 atom stereocenters. The molecule has 2 nitrogen and oxygen atoms in total. The Kier molecular flexibility index (Phi) is 6.78. The third kappa shape index (κ3) is 6.81. The third-order valence-corrected chi connectivity index (χ3v) is 3.67. The van der Waals surface area contributed by atoms with Gasteiger partial charge in [-0.2, -0.15) is 0 Å². The Morgan fingerprint density at radius 2 is 2.00 bits per heavy atom. The lowest BCUT2D eigenvalue weighted by molar-refractivity contribution is 0.544. The van der Waals surface area contributed by atoms with E-state index in [1.54, 1.807) is 6.26 Å². The number of halogens is 1. The highest BCUT2D eigenvalue weighted by molar-refractivity contribution is 7.84. The molecule has 0 spiro atoms. The van der Waals surface area contributed by atoms with Crippen molar-refractivity contribution < 1.29 is 4.21 Å². The van der Waals surface area contributed by atoms with Crippen molar-refractivity contribution in [2.75, 3.05) is 18.6 Å². The molecule has 0 radical (unpaired) electrons. The first-order chi connectivity index (χ1) is 8.08. The smallest absolute Gasteiger partial charge is 0.0406 e. The number of hydrogen-bond acceptors (Lipinski definition) is 2. The van der Waals surface area contributed by atoms with E-state index in [4.69, 9.17) is 11.6 Å². The molecule has 0 saturated carbocycles. The maximum absolute atomic E-state index is 10.9. The fourth-order valence-corrected chi connectivity index (χ4v) is 2.35. The Hall–Kier alpha value is -0.380. The van der Waals surface area contributed by atoms with Gasteiger partial charge in [-0.25, -0.2) is 0 Å². The van der Waals surface area contributed by atoms with Crippen molar-refractivity contribution in [1.29, 1.82) is 0 Å².